The minimum atomic E-state index is -0.387. The van der Waals surface area contributed by atoms with Crippen LogP contribution in [0.25, 0.3) is 0 Å². The molecule has 0 saturated carbocycles. The lowest BCUT2D eigenvalue weighted by Gasteiger charge is -2.32. The fourth-order valence-corrected chi connectivity index (χ4v) is 2.49. The Morgan fingerprint density at radius 1 is 1.09 bits per heavy atom. The van der Waals surface area contributed by atoms with E-state index in [0.29, 0.717) is 30.2 Å². The minimum absolute atomic E-state index is 0.0379. The molecule has 1 aliphatic rings. The quantitative estimate of drug-likeness (QED) is 0.839. The zero-order chi connectivity index (χ0) is 16.8. The lowest BCUT2D eigenvalue weighted by atomic mass is 10.1. The molecule has 7 nitrogen and oxygen atoms in total. The van der Waals surface area contributed by atoms with Gasteiger partial charge in [-0.3, -0.25) is 9.59 Å². The van der Waals surface area contributed by atoms with E-state index in [1.807, 2.05) is 7.05 Å². The number of carbonyl (C=O) groups is 2. The molecule has 0 atom stereocenters. The molecule has 1 aliphatic heterocycles. The highest BCUT2D eigenvalue weighted by Crippen LogP contribution is 2.27. The van der Waals surface area contributed by atoms with Gasteiger partial charge in [0.2, 0.25) is 5.91 Å². The molecule has 1 aromatic carbocycles. The number of piperazine rings is 1. The fourth-order valence-electron chi connectivity index (χ4n) is 2.49. The van der Waals surface area contributed by atoms with Crippen LogP contribution in [0.5, 0.6) is 11.5 Å². The van der Waals surface area contributed by atoms with Crippen LogP contribution in [0.15, 0.2) is 18.2 Å². The predicted octanol–water partition coefficient (Wildman–Crippen LogP) is 0.208. The van der Waals surface area contributed by atoms with E-state index >= 15 is 0 Å². The normalized spacial score (nSPS) is 15.2. The van der Waals surface area contributed by atoms with Crippen molar-refractivity contribution in [2.24, 2.45) is 0 Å². The van der Waals surface area contributed by atoms with E-state index in [2.05, 4.69) is 10.2 Å². The summed E-state index contributed by atoms with van der Waals surface area (Å²) in [5, 5.41) is 2.65. The Hall–Kier alpha value is -2.28. The number of likely N-dealkylation sites (N-methyl/N-ethyl adjacent to an activating group) is 1. The SMILES string of the molecule is COc1cccc(OC)c1C(=O)NCC(=O)N1CCN(C)CC1. The Morgan fingerprint density at radius 2 is 1.65 bits per heavy atom. The molecule has 7 heteroatoms. The molecule has 0 aliphatic carbocycles. The van der Waals surface area contributed by atoms with Gasteiger partial charge in [0.25, 0.3) is 5.91 Å². The average Bonchev–Trinajstić information content (AvgIpc) is 2.59. The van der Waals surface area contributed by atoms with Crippen LogP contribution in [0, 0.1) is 0 Å². The number of carbonyl (C=O) groups excluding carboxylic acids is 2. The number of hydrogen-bond acceptors (Lipinski definition) is 5. The van der Waals surface area contributed by atoms with Crippen molar-refractivity contribution in [1.82, 2.24) is 15.1 Å². The van der Waals surface area contributed by atoms with Gasteiger partial charge in [-0.25, -0.2) is 0 Å². The molecule has 1 aromatic rings. The third kappa shape index (κ3) is 4.13. The molecule has 1 N–H and O–H groups in total. The summed E-state index contributed by atoms with van der Waals surface area (Å²) in [7, 11) is 5.00. The standard InChI is InChI=1S/C16H23N3O4/c1-18-7-9-19(10-8-18)14(20)11-17-16(21)15-12(22-2)5-4-6-13(15)23-3/h4-6H,7-11H2,1-3H3,(H,17,21). The van der Waals surface area contributed by atoms with E-state index in [1.54, 1.807) is 23.1 Å². The molecule has 1 saturated heterocycles. The number of rotatable bonds is 5. The van der Waals surface area contributed by atoms with Gasteiger partial charge < -0.3 is 24.6 Å². The summed E-state index contributed by atoms with van der Waals surface area (Å²) in [5.74, 6) is 0.352. The summed E-state index contributed by atoms with van der Waals surface area (Å²) in [5.41, 5.74) is 0.295. The number of hydrogen-bond donors (Lipinski definition) is 1. The van der Waals surface area contributed by atoms with Crippen molar-refractivity contribution in [2.75, 3.05) is 54.0 Å². The third-order valence-electron chi connectivity index (χ3n) is 3.91. The van der Waals surface area contributed by atoms with Crippen LogP contribution in [0.3, 0.4) is 0 Å². The second-order valence-electron chi connectivity index (χ2n) is 5.40. The van der Waals surface area contributed by atoms with E-state index in [1.165, 1.54) is 14.2 Å². The predicted molar refractivity (Wildman–Crippen MR) is 86.0 cm³/mol. The number of amides is 2. The van der Waals surface area contributed by atoms with Gasteiger partial charge in [0, 0.05) is 26.2 Å². The number of benzene rings is 1. The van der Waals surface area contributed by atoms with Gasteiger partial charge in [0.1, 0.15) is 17.1 Å². The summed E-state index contributed by atoms with van der Waals surface area (Å²) >= 11 is 0. The number of nitrogens with one attached hydrogen (secondary N) is 1. The molecule has 0 unspecified atom stereocenters. The zero-order valence-corrected chi connectivity index (χ0v) is 13.8. The van der Waals surface area contributed by atoms with Gasteiger partial charge in [0.05, 0.1) is 20.8 Å². The van der Waals surface area contributed by atoms with Crippen LogP contribution < -0.4 is 14.8 Å². The summed E-state index contributed by atoms with van der Waals surface area (Å²) in [6.07, 6.45) is 0. The van der Waals surface area contributed by atoms with E-state index in [9.17, 15) is 9.59 Å². The average molecular weight is 321 g/mol. The fraction of sp³-hybridized carbons (Fsp3) is 0.500. The van der Waals surface area contributed by atoms with Crippen molar-refractivity contribution in [3.63, 3.8) is 0 Å². The topological polar surface area (TPSA) is 71.1 Å². The van der Waals surface area contributed by atoms with Crippen molar-refractivity contribution in [3.05, 3.63) is 23.8 Å². The molecular formula is C16H23N3O4. The first-order valence-electron chi connectivity index (χ1n) is 7.52. The molecule has 23 heavy (non-hydrogen) atoms. The number of methoxy groups -OCH3 is 2. The second kappa shape index (κ2) is 7.82. The van der Waals surface area contributed by atoms with Crippen molar-refractivity contribution >= 4 is 11.8 Å². The molecule has 0 spiro atoms. The van der Waals surface area contributed by atoms with Crippen LogP contribution in [0.4, 0.5) is 0 Å². The molecule has 2 amide bonds. The van der Waals surface area contributed by atoms with Crippen molar-refractivity contribution in [2.45, 2.75) is 0 Å². The van der Waals surface area contributed by atoms with Gasteiger partial charge in [-0.05, 0) is 19.2 Å². The van der Waals surface area contributed by atoms with Gasteiger partial charge in [-0.15, -0.1) is 0 Å². The van der Waals surface area contributed by atoms with Crippen LogP contribution in [0.2, 0.25) is 0 Å². The Kier molecular flexibility index (Phi) is 5.81. The summed E-state index contributed by atoms with van der Waals surface area (Å²) in [6.45, 7) is 3.02. The Morgan fingerprint density at radius 3 is 2.17 bits per heavy atom. The minimum Gasteiger partial charge on any atom is -0.496 e. The van der Waals surface area contributed by atoms with Crippen molar-refractivity contribution < 1.29 is 19.1 Å². The smallest absolute Gasteiger partial charge is 0.259 e. The summed E-state index contributed by atoms with van der Waals surface area (Å²) < 4.78 is 10.4. The van der Waals surface area contributed by atoms with E-state index in [4.69, 9.17) is 9.47 Å². The molecule has 2 rings (SSSR count). The summed E-state index contributed by atoms with van der Waals surface area (Å²) in [4.78, 5) is 28.5. The van der Waals surface area contributed by atoms with E-state index in [-0.39, 0.29) is 18.4 Å². The highest BCUT2D eigenvalue weighted by Gasteiger charge is 2.22. The molecule has 126 valence electrons. The maximum absolute atomic E-state index is 12.4. The van der Waals surface area contributed by atoms with E-state index < -0.39 is 0 Å². The molecule has 0 aromatic heterocycles. The maximum Gasteiger partial charge on any atom is 0.259 e. The second-order valence-corrected chi connectivity index (χ2v) is 5.40. The zero-order valence-electron chi connectivity index (χ0n) is 13.8. The highest BCUT2D eigenvalue weighted by atomic mass is 16.5. The number of nitrogens with zero attached hydrogens (tertiary/aromatic N) is 2. The van der Waals surface area contributed by atoms with Gasteiger partial charge >= 0.3 is 0 Å². The first-order chi connectivity index (χ1) is 11.1. The van der Waals surface area contributed by atoms with Gasteiger partial charge in [-0.2, -0.15) is 0 Å². The third-order valence-corrected chi connectivity index (χ3v) is 3.91. The van der Waals surface area contributed by atoms with Crippen molar-refractivity contribution in [1.29, 1.82) is 0 Å². The molecule has 0 radical (unpaired) electrons. The van der Waals surface area contributed by atoms with Gasteiger partial charge in [-0.1, -0.05) is 6.07 Å². The molecule has 1 fully saturated rings. The Labute approximate surface area is 136 Å². The van der Waals surface area contributed by atoms with Crippen LogP contribution in [-0.2, 0) is 4.79 Å². The first kappa shape index (κ1) is 17.1. The lowest BCUT2D eigenvalue weighted by molar-refractivity contribution is -0.131. The van der Waals surface area contributed by atoms with Crippen LogP contribution in [-0.4, -0.2) is 75.6 Å². The maximum atomic E-state index is 12.4. The van der Waals surface area contributed by atoms with Crippen molar-refractivity contribution in [3.8, 4) is 11.5 Å². The van der Waals surface area contributed by atoms with Gasteiger partial charge in [0.15, 0.2) is 0 Å². The largest absolute Gasteiger partial charge is 0.496 e. The highest BCUT2D eigenvalue weighted by molar-refractivity contribution is 6.01. The molecule has 0 bridgehead atoms. The summed E-state index contributed by atoms with van der Waals surface area (Å²) in [6, 6.07) is 5.10. The monoisotopic (exact) mass is 321 g/mol. The van der Waals surface area contributed by atoms with Crippen LogP contribution >= 0.6 is 0 Å². The first-order valence-corrected chi connectivity index (χ1v) is 7.52. The van der Waals surface area contributed by atoms with E-state index in [0.717, 1.165) is 13.1 Å². The molecule has 1 heterocycles. The molecular weight excluding hydrogens is 298 g/mol. The Balaban J connectivity index is 1.98. The Bertz CT molecular complexity index is 546. The van der Waals surface area contributed by atoms with Crippen LogP contribution in [0.1, 0.15) is 10.4 Å². The lowest BCUT2D eigenvalue weighted by Crippen LogP contribution is -2.50. The number of ether oxygens (including phenoxy) is 2.